The van der Waals surface area contributed by atoms with Crippen molar-refractivity contribution in [2.75, 3.05) is 6.61 Å². The fourth-order valence-electron chi connectivity index (χ4n) is 2.17. The third-order valence-corrected chi connectivity index (χ3v) is 3.41. The van der Waals surface area contributed by atoms with Crippen LogP contribution in [0.5, 0.6) is 0 Å². The highest BCUT2D eigenvalue weighted by molar-refractivity contribution is 4.54. The van der Waals surface area contributed by atoms with E-state index in [0.29, 0.717) is 12.7 Å². The van der Waals surface area contributed by atoms with Gasteiger partial charge in [-0.2, -0.15) is 0 Å². The molecule has 0 heterocycles. The molecule has 0 aliphatic heterocycles. The van der Waals surface area contributed by atoms with Crippen molar-refractivity contribution >= 4 is 0 Å². The van der Waals surface area contributed by atoms with Crippen LogP contribution in [0.2, 0.25) is 0 Å². The first-order valence-corrected chi connectivity index (χ1v) is 8.13. The molecule has 0 saturated carbocycles. The van der Waals surface area contributed by atoms with Crippen LogP contribution in [0.15, 0.2) is 0 Å². The molecule has 0 aliphatic rings. The molecule has 0 spiro atoms. The van der Waals surface area contributed by atoms with E-state index in [1.807, 2.05) is 6.92 Å². The fraction of sp³-hybridized carbons (Fsp3) is 1.00. The first-order valence-electron chi connectivity index (χ1n) is 8.13. The molecule has 0 amide bonds. The molecular formula is C16H34O2. The highest BCUT2D eigenvalue weighted by Gasteiger charge is 2.06. The van der Waals surface area contributed by atoms with Crippen LogP contribution < -0.4 is 0 Å². The zero-order chi connectivity index (χ0) is 13.5. The minimum absolute atomic E-state index is 0.300. The van der Waals surface area contributed by atoms with Gasteiger partial charge in [0.15, 0.2) is 0 Å². The summed E-state index contributed by atoms with van der Waals surface area (Å²) in [7, 11) is 0. The number of hydrogen-bond acceptors (Lipinski definition) is 2. The van der Waals surface area contributed by atoms with Crippen molar-refractivity contribution in [1.29, 1.82) is 0 Å². The first kappa shape index (κ1) is 17.9. The van der Waals surface area contributed by atoms with Gasteiger partial charge in [-0.25, -0.2) is 9.78 Å². The third kappa shape index (κ3) is 12.4. The summed E-state index contributed by atoms with van der Waals surface area (Å²) < 4.78 is 0. The maximum Gasteiger partial charge on any atom is 0.0927 e. The maximum absolute atomic E-state index is 5.31. The molecular weight excluding hydrogens is 224 g/mol. The Balaban J connectivity index is 3.17. The summed E-state index contributed by atoms with van der Waals surface area (Å²) in [5, 5.41) is 0. The molecule has 110 valence electrons. The van der Waals surface area contributed by atoms with E-state index in [0.717, 1.165) is 12.8 Å². The Morgan fingerprint density at radius 1 is 0.722 bits per heavy atom. The normalized spacial score (nSPS) is 12.8. The summed E-state index contributed by atoms with van der Waals surface area (Å²) in [6, 6.07) is 0. The van der Waals surface area contributed by atoms with Gasteiger partial charge in [-0.15, -0.1) is 0 Å². The summed E-state index contributed by atoms with van der Waals surface area (Å²) in [6.45, 7) is 7.05. The number of unbranched alkanes of at least 4 members (excludes halogenated alkanes) is 8. The zero-order valence-electron chi connectivity index (χ0n) is 12.9. The van der Waals surface area contributed by atoms with Crippen molar-refractivity contribution in [2.45, 2.75) is 97.5 Å². The average molecular weight is 258 g/mol. The van der Waals surface area contributed by atoms with E-state index in [4.69, 9.17) is 9.78 Å². The van der Waals surface area contributed by atoms with Gasteiger partial charge in [0.1, 0.15) is 0 Å². The molecule has 0 N–H and O–H groups in total. The van der Waals surface area contributed by atoms with E-state index in [1.165, 1.54) is 57.8 Å². The Kier molecular flexibility index (Phi) is 14.9. The lowest BCUT2D eigenvalue weighted by Gasteiger charge is -2.13. The van der Waals surface area contributed by atoms with Gasteiger partial charge in [-0.05, 0) is 19.8 Å². The Labute approximate surface area is 114 Å². The summed E-state index contributed by atoms with van der Waals surface area (Å²) in [5.41, 5.74) is 0. The van der Waals surface area contributed by atoms with Crippen LogP contribution in [0.4, 0.5) is 0 Å². The molecule has 1 atom stereocenters. The SMILES string of the molecule is CCCCCCCCCCCC(CC)OOCC. The number of hydrogen-bond donors (Lipinski definition) is 0. The number of rotatable bonds is 14. The van der Waals surface area contributed by atoms with Crippen LogP contribution in [0.1, 0.15) is 91.4 Å². The zero-order valence-corrected chi connectivity index (χ0v) is 12.9. The van der Waals surface area contributed by atoms with Crippen molar-refractivity contribution in [1.82, 2.24) is 0 Å². The van der Waals surface area contributed by atoms with Crippen molar-refractivity contribution in [3.63, 3.8) is 0 Å². The molecule has 0 rings (SSSR count). The van der Waals surface area contributed by atoms with E-state index in [-0.39, 0.29) is 0 Å². The standard InChI is InChI=1S/C16H34O2/c1-4-7-8-9-10-11-12-13-14-15-16(5-2)18-17-6-3/h16H,4-15H2,1-3H3. The summed E-state index contributed by atoms with van der Waals surface area (Å²) in [5.74, 6) is 0. The van der Waals surface area contributed by atoms with Crippen LogP contribution in [0.3, 0.4) is 0 Å². The van der Waals surface area contributed by atoms with Gasteiger partial charge < -0.3 is 0 Å². The van der Waals surface area contributed by atoms with Crippen LogP contribution in [0.25, 0.3) is 0 Å². The van der Waals surface area contributed by atoms with Gasteiger partial charge in [0.05, 0.1) is 12.7 Å². The second-order valence-electron chi connectivity index (χ2n) is 5.15. The first-order chi connectivity index (χ1) is 8.85. The lowest BCUT2D eigenvalue weighted by Crippen LogP contribution is -2.12. The van der Waals surface area contributed by atoms with Crippen LogP contribution in [-0.2, 0) is 9.78 Å². The summed E-state index contributed by atoms with van der Waals surface area (Å²) in [6.07, 6.45) is 15.0. The monoisotopic (exact) mass is 258 g/mol. The average Bonchev–Trinajstić information content (AvgIpc) is 2.40. The van der Waals surface area contributed by atoms with Gasteiger partial charge >= 0.3 is 0 Å². The van der Waals surface area contributed by atoms with Gasteiger partial charge in [-0.1, -0.05) is 71.6 Å². The maximum atomic E-state index is 5.31. The molecule has 0 saturated heterocycles. The topological polar surface area (TPSA) is 18.5 Å². The van der Waals surface area contributed by atoms with E-state index in [1.54, 1.807) is 0 Å². The van der Waals surface area contributed by atoms with Crippen LogP contribution in [0, 0.1) is 0 Å². The lowest BCUT2D eigenvalue weighted by molar-refractivity contribution is -0.322. The molecule has 0 aromatic carbocycles. The molecule has 2 nitrogen and oxygen atoms in total. The predicted molar refractivity (Wildman–Crippen MR) is 78.6 cm³/mol. The Morgan fingerprint density at radius 3 is 1.78 bits per heavy atom. The molecule has 2 heteroatoms. The largest absolute Gasteiger partial charge is 0.237 e. The molecule has 0 aromatic heterocycles. The highest BCUT2D eigenvalue weighted by Crippen LogP contribution is 2.13. The highest BCUT2D eigenvalue weighted by atomic mass is 17.2. The molecule has 0 aromatic rings. The molecule has 0 radical (unpaired) electrons. The van der Waals surface area contributed by atoms with E-state index in [9.17, 15) is 0 Å². The molecule has 0 fully saturated rings. The van der Waals surface area contributed by atoms with E-state index >= 15 is 0 Å². The van der Waals surface area contributed by atoms with Crippen molar-refractivity contribution in [3.05, 3.63) is 0 Å². The van der Waals surface area contributed by atoms with Crippen LogP contribution >= 0.6 is 0 Å². The Hall–Kier alpha value is -0.0800. The smallest absolute Gasteiger partial charge is 0.0927 e. The summed E-state index contributed by atoms with van der Waals surface area (Å²) in [4.78, 5) is 10.3. The second kappa shape index (κ2) is 15.0. The van der Waals surface area contributed by atoms with Crippen molar-refractivity contribution in [2.24, 2.45) is 0 Å². The van der Waals surface area contributed by atoms with Gasteiger partial charge in [0.2, 0.25) is 0 Å². The third-order valence-electron chi connectivity index (χ3n) is 3.41. The predicted octanol–water partition coefficient (Wildman–Crippen LogP) is 5.65. The Morgan fingerprint density at radius 2 is 1.28 bits per heavy atom. The molecule has 0 bridgehead atoms. The summed E-state index contributed by atoms with van der Waals surface area (Å²) >= 11 is 0. The fourth-order valence-corrected chi connectivity index (χ4v) is 2.17. The van der Waals surface area contributed by atoms with E-state index < -0.39 is 0 Å². The minimum atomic E-state index is 0.300. The quantitative estimate of drug-likeness (QED) is 0.227. The van der Waals surface area contributed by atoms with Gasteiger partial charge in [-0.3, -0.25) is 0 Å². The van der Waals surface area contributed by atoms with Crippen molar-refractivity contribution in [3.8, 4) is 0 Å². The van der Waals surface area contributed by atoms with Gasteiger partial charge in [0.25, 0.3) is 0 Å². The molecule has 0 aliphatic carbocycles. The second-order valence-corrected chi connectivity index (χ2v) is 5.15. The Bertz CT molecular complexity index is 148. The molecule has 18 heavy (non-hydrogen) atoms. The van der Waals surface area contributed by atoms with Crippen molar-refractivity contribution < 1.29 is 9.78 Å². The minimum Gasteiger partial charge on any atom is -0.237 e. The van der Waals surface area contributed by atoms with Gasteiger partial charge in [0, 0.05) is 0 Å². The lowest BCUT2D eigenvalue weighted by atomic mass is 10.0. The molecule has 1 unspecified atom stereocenters. The van der Waals surface area contributed by atoms with Crippen LogP contribution in [-0.4, -0.2) is 12.7 Å². The van der Waals surface area contributed by atoms with E-state index in [2.05, 4.69) is 13.8 Å².